The van der Waals surface area contributed by atoms with E-state index in [9.17, 15) is 25.0 Å². The van der Waals surface area contributed by atoms with Gasteiger partial charge in [0, 0.05) is 29.2 Å². The third-order valence-corrected chi connectivity index (χ3v) is 4.87. The molecule has 0 bridgehead atoms. The lowest BCUT2D eigenvalue weighted by atomic mass is 10.2. The first-order chi connectivity index (χ1) is 15.4. The Kier molecular flexibility index (Phi) is 7.43. The number of ether oxygens (including phenoxy) is 1. The van der Waals surface area contributed by atoms with Gasteiger partial charge in [0.1, 0.15) is 11.9 Å². The van der Waals surface area contributed by atoms with Gasteiger partial charge in [-0.1, -0.05) is 0 Å². The van der Waals surface area contributed by atoms with Gasteiger partial charge >= 0.3 is 0 Å². The number of nitro groups is 2. The topological polar surface area (TPSA) is 150 Å². The number of rotatable bonds is 9. The maximum absolute atomic E-state index is 11.9. The van der Waals surface area contributed by atoms with Crippen molar-refractivity contribution in [1.29, 1.82) is 0 Å². The summed E-state index contributed by atoms with van der Waals surface area (Å²) in [5, 5.41) is 25.2. The molecule has 0 spiro atoms. The smallest absolute Gasteiger partial charge is 0.287 e. The Hall–Kier alpha value is -4.32. The lowest BCUT2D eigenvalue weighted by Gasteiger charge is -2.04. The Balaban J connectivity index is 1.45. The number of nitrogens with zero attached hydrogens (tertiary/aromatic N) is 4. The van der Waals surface area contributed by atoms with E-state index in [1.807, 2.05) is 0 Å². The van der Waals surface area contributed by atoms with E-state index in [-0.39, 0.29) is 28.9 Å². The Labute approximate surface area is 185 Å². The van der Waals surface area contributed by atoms with Crippen LogP contribution in [0, 0.1) is 20.2 Å². The van der Waals surface area contributed by atoms with Gasteiger partial charge in [0.25, 0.3) is 11.4 Å². The predicted molar refractivity (Wildman–Crippen MR) is 117 cm³/mol. The molecule has 1 aromatic heterocycles. The number of thioether (sulfide) groups is 1. The minimum absolute atomic E-state index is 0.0103. The van der Waals surface area contributed by atoms with Gasteiger partial charge < -0.3 is 4.74 Å². The number of hydrogen-bond acceptors (Lipinski definition) is 9. The summed E-state index contributed by atoms with van der Waals surface area (Å²) in [6, 6.07) is 15.4. The van der Waals surface area contributed by atoms with Crippen molar-refractivity contribution in [3.8, 4) is 11.6 Å². The van der Waals surface area contributed by atoms with Crippen molar-refractivity contribution in [2.24, 2.45) is 5.10 Å². The third-order valence-electron chi connectivity index (χ3n) is 3.85. The van der Waals surface area contributed by atoms with Crippen LogP contribution in [0.1, 0.15) is 5.56 Å². The zero-order valence-corrected chi connectivity index (χ0v) is 17.1. The summed E-state index contributed by atoms with van der Waals surface area (Å²) in [6.07, 6.45) is 2.57. The monoisotopic (exact) mass is 453 g/mol. The maximum atomic E-state index is 11.9. The fourth-order valence-electron chi connectivity index (χ4n) is 2.31. The normalized spacial score (nSPS) is 10.6. The van der Waals surface area contributed by atoms with Crippen LogP contribution in [0.15, 0.2) is 76.9 Å². The molecule has 3 aromatic rings. The molecule has 0 aliphatic rings. The van der Waals surface area contributed by atoms with E-state index in [1.54, 1.807) is 36.4 Å². The number of pyridine rings is 1. The first kappa shape index (κ1) is 22.4. The zero-order valence-electron chi connectivity index (χ0n) is 16.3. The predicted octanol–water partition coefficient (Wildman–Crippen LogP) is 3.93. The van der Waals surface area contributed by atoms with Gasteiger partial charge in [0.2, 0.25) is 11.8 Å². The number of carbonyl (C=O) groups excluding carboxylic acids is 1. The number of nitro benzene ring substituents is 1. The van der Waals surface area contributed by atoms with Gasteiger partial charge in [0.05, 0.1) is 21.8 Å². The largest absolute Gasteiger partial charge is 0.439 e. The Morgan fingerprint density at radius 3 is 2.25 bits per heavy atom. The van der Waals surface area contributed by atoms with E-state index < -0.39 is 9.85 Å². The summed E-state index contributed by atoms with van der Waals surface area (Å²) < 4.78 is 5.52. The first-order valence-electron chi connectivity index (χ1n) is 8.98. The van der Waals surface area contributed by atoms with Crippen molar-refractivity contribution < 1.29 is 19.4 Å². The quantitative estimate of drug-likeness (QED) is 0.221. The SMILES string of the molecule is O=C(CSc1ccc([N+](=O)[O-])cc1)N/N=C/c1ccc(Oc2ccc([N+](=O)[O-])cn2)cc1. The summed E-state index contributed by atoms with van der Waals surface area (Å²) in [7, 11) is 0. The average molecular weight is 453 g/mol. The highest BCUT2D eigenvalue weighted by molar-refractivity contribution is 8.00. The van der Waals surface area contributed by atoms with E-state index in [2.05, 4.69) is 15.5 Å². The number of carbonyl (C=O) groups is 1. The molecule has 32 heavy (non-hydrogen) atoms. The van der Waals surface area contributed by atoms with E-state index in [1.165, 1.54) is 42.2 Å². The summed E-state index contributed by atoms with van der Waals surface area (Å²) in [5.41, 5.74) is 2.97. The zero-order chi connectivity index (χ0) is 22.9. The molecular formula is C20H15N5O6S. The van der Waals surface area contributed by atoms with Gasteiger partial charge in [-0.3, -0.25) is 25.0 Å². The number of hydrazone groups is 1. The van der Waals surface area contributed by atoms with Crippen molar-refractivity contribution in [3.05, 3.63) is 92.7 Å². The number of benzene rings is 2. The third kappa shape index (κ3) is 6.60. The van der Waals surface area contributed by atoms with Crippen molar-refractivity contribution in [2.75, 3.05) is 5.75 Å². The maximum Gasteiger partial charge on any atom is 0.287 e. The van der Waals surface area contributed by atoms with Crippen LogP contribution in [-0.2, 0) is 4.79 Å². The molecular weight excluding hydrogens is 438 g/mol. The van der Waals surface area contributed by atoms with Crippen molar-refractivity contribution >= 4 is 35.3 Å². The fraction of sp³-hybridized carbons (Fsp3) is 0.0500. The number of hydrogen-bond donors (Lipinski definition) is 1. The second-order valence-electron chi connectivity index (χ2n) is 6.12. The number of nitrogens with one attached hydrogen (secondary N) is 1. The second kappa shape index (κ2) is 10.6. The molecule has 2 aromatic carbocycles. The molecule has 0 fully saturated rings. The van der Waals surface area contributed by atoms with Crippen LogP contribution < -0.4 is 10.2 Å². The minimum atomic E-state index is -0.544. The number of aromatic nitrogens is 1. The summed E-state index contributed by atoms with van der Waals surface area (Å²) >= 11 is 1.23. The molecule has 1 amide bonds. The first-order valence-corrected chi connectivity index (χ1v) is 9.97. The van der Waals surface area contributed by atoms with E-state index in [0.717, 1.165) is 11.1 Å². The summed E-state index contributed by atoms with van der Waals surface area (Å²) in [4.78, 5) is 36.7. The number of amides is 1. The molecule has 1 N–H and O–H groups in total. The summed E-state index contributed by atoms with van der Waals surface area (Å²) in [6.45, 7) is 0. The molecule has 3 rings (SSSR count). The molecule has 0 aliphatic carbocycles. The fourth-order valence-corrected chi connectivity index (χ4v) is 3.00. The van der Waals surface area contributed by atoms with Crippen LogP contribution in [0.3, 0.4) is 0 Å². The van der Waals surface area contributed by atoms with Crippen LogP contribution in [0.5, 0.6) is 11.6 Å². The lowest BCUT2D eigenvalue weighted by Crippen LogP contribution is -2.19. The highest BCUT2D eigenvalue weighted by Crippen LogP contribution is 2.22. The molecule has 11 nitrogen and oxygen atoms in total. The van der Waals surface area contributed by atoms with Crippen LogP contribution in [0.25, 0.3) is 0 Å². The van der Waals surface area contributed by atoms with Crippen molar-refractivity contribution in [1.82, 2.24) is 10.4 Å². The Morgan fingerprint density at radius 2 is 1.66 bits per heavy atom. The summed E-state index contributed by atoms with van der Waals surface area (Å²) in [5.74, 6) is 0.472. The van der Waals surface area contributed by atoms with Gasteiger partial charge in [-0.25, -0.2) is 10.4 Å². The van der Waals surface area contributed by atoms with E-state index in [4.69, 9.17) is 4.74 Å². The molecule has 0 unspecified atom stereocenters. The van der Waals surface area contributed by atoms with E-state index in [0.29, 0.717) is 11.3 Å². The molecule has 1 heterocycles. The molecule has 0 aliphatic heterocycles. The highest BCUT2D eigenvalue weighted by atomic mass is 32.2. The van der Waals surface area contributed by atoms with Crippen LogP contribution in [0.4, 0.5) is 11.4 Å². The van der Waals surface area contributed by atoms with E-state index >= 15 is 0 Å². The van der Waals surface area contributed by atoms with Gasteiger partial charge in [0.15, 0.2) is 0 Å². The second-order valence-corrected chi connectivity index (χ2v) is 7.16. The van der Waals surface area contributed by atoms with Crippen molar-refractivity contribution in [2.45, 2.75) is 4.90 Å². The minimum Gasteiger partial charge on any atom is -0.439 e. The number of non-ortho nitro benzene ring substituents is 1. The lowest BCUT2D eigenvalue weighted by molar-refractivity contribution is -0.385. The Bertz CT molecular complexity index is 1130. The Morgan fingerprint density at radius 1 is 1.00 bits per heavy atom. The molecule has 0 radical (unpaired) electrons. The highest BCUT2D eigenvalue weighted by Gasteiger charge is 2.07. The van der Waals surface area contributed by atoms with Crippen LogP contribution in [0.2, 0.25) is 0 Å². The molecule has 0 saturated carbocycles. The molecule has 0 atom stereocenters. The van der Waals surface area contributed by atoms with Gasteiger partial charge in [-0.15, -0.1) is 11.8 Å². The molecule has 0 saturated heterocycles. The van der Waals surface area contributed by atoms with Crippen LogP contribution in [-0.4, -0.2) is 32.7 Å². The van der Waals surface area contributed by atoms with Crippen molar-refractivity contribution in [3.63, 3.8) is 0 Å². The van der Waals surface area contributed by atoms with Gasteiger partial charge in [-0.2, -0.15) is 5.10 Å². The van der Waals surface area contributed by atoms with Crippen LogP contribution >= 0.6 is 11.8 Å². The molecule has 12 heteroatoms. The molecule has 162 valence electrons. The van der Waals surface area contributed by atoms with Gasteiger partial charge in [-0.05, 0) is 42.0 Å². The average Bonchev–Trinajstić information content (AvgIpc) is 2.79. The standard InChI is InChI=1S/C20H15N5O6S/c26-19(13-32-18-8-3-15(4-9-18)24(27)28)23-22-11-14-1-6-17(7-2-14)31-20-10-5-16(12-21-20)25(29)30/h1-12H,13H2,(H,23,26)/b22-11+.